The van der Waals surface area contributed by atoms with Crippen LogP contribution in [0.1, 0.15) is 26.2 Å². The minimum absolute atomic E-state index is 0.257. The second kappa shape index (κ2) is 3.35. The minimum atomic E-state index is 0.257. The van der Waals surface area contributed by atoms with Crippen LogP contribution in [0.2, 0.25) is 0 Å². The molecule has 1 aliphatic heterocycles. The number of aliphatic hydroxyl groups is 1. The fraction of sp³-hybridized carbons (Fsp3) is 1.00. The normalized spacial score (nSPS) is 34.2. The van der Waals surface area contributed by atoms with Crippen molar-refractivity contribution in [3.8, 4) is 0 Å². The third-order valence-corrected chi connectivity index (χ3v) is 2.23. The molecule has 0 spiro atoms. The number of rotatable bonds is 2. The van der Waals surface area contributed by atoms with E-state index >= 15 is 0 Å². The first kappa shape index (κ1) is 8.02. The molecule has 2 nitrogen and oxygen atoms in total. The van der Waals surface area contributed by atoms with E-state index in [-0.39, 0.29) is 5.41 Å². The molecule has 1 fully saturated rings. The fourth-order valence-corrected chi connectivity index (χ4v) is 1.46. The van der Waals surface area contributed by atoms with E-state index in [0.717, 1.165) is 26.1 Å². The highest BCUT2D eigenvalue weighted by atomic mass is 16.5. The van der Waals surface area contributed by atoms with E-state index in [0.29, 0.717) is 6.61 Å². The van der Waals surface area contributed by atoms with E-state index in [4.69, 9.17) is 9.84 Å². The lowest BCUT2D eigenvalue weighted by atomic mass is 9.82. The van der Waals surface area contributed by atoms with Crippen molar-refractivity contribution in [2.24, 2.45) is 5.41 Å². The molecular weight excluding hydrogens is 128 g/mol. The van der Waals surface area contributed by atoms with E-state index in [2.05, 4.69) is 6.92 Å². The van der Waals surface area contributed by atoms with E-state index in [1.807, 2.05) is 0 Å². The zero-order valence-electron chi connectivity index (χ0n) is 6.60. The van der Waals surface area contributed by atoms with Gasteiger partial charge in [-0.2, -0.15) is 0 Å². The summed E-state index contributed by atoms with van der Waals surface area (Å²) in [6.45, 7) is 4.21. The van der Waals surface area contributed by atoms with Crippen LogP contribution in [0.15, 0.2) is 0 Å². The van der Waals surface area contributed by atoms with Gasteiger partial charge >= 0.3 is 0 Å². The lowest BCUT2D eigenvalue weighted by Gasteiger charge is -2.32. The highest BCUT2D eigenvalue weighted by Crippen LogP contribution is 2.30. The Balaban J connectivity index is 2.32. The summed E-state index contributed by atoms with van der Waals surface area (Å²) in [7, 11) is 0. The molecule has 0 aromatic carbocycles. The summed E-state index contributed by atoms with van der Waals surface area (Å²) < 4.78 is 5.33. The van der Waals surface area contributed by atoms with Crippen molar-refractivity contribution in [2.75, 3.05) is 19.8 Å². The molecule has 0 saturated carbocycles. The monoisotopic (exact) mass is 144 g/mol. The summed E-state index contributed by atoms with van der Waals surface area (Å²) in [6, 6.07) is 0. The highest BCUT2D eigenvalue weighted by molar-refractivity contribution is 4.76. The first-order chi connectivity index (χ1) is 4.77. The molecule has 1 unspecified atom stereocenters. The zero-order chi connectivity index (χ0) is 7.45. The van der Waals surface area contributed by atoms with Crippen molar-refractivity contribution in [1.29, 1.82) is 0 Å². The van der Waals surface area contributed by atoms with E-state index in [9.17, 15) is 0 Å². The second-order valence-electron chi connectivity index (χ2n) is 3.44. The Labute approximate surface area is 62.2 Å². The van der Waals surface area contributed by atoms with Gasteiger partial charge in [-0.1, -0.05) is 6.92 Å². The Morgan fingerprint density at radius 3 is 2.90 bits per heavy atom. The van der Waals surface area contributed by atoms with Crippen LogP contribution < -0.4 is 0 Å². The van der Waals surface area contributed by atoms with Gasteiger partial charge in [-0.25, -0.2) is 0 Å². The molecule has 1 rings (SSSR count). The van der Waals surface area contributed by atoms with Gasteiger partial charge in [0.05, 0.1) is 6.61 Å². The van der Waals surface area contributed by atoms with Crippen LogP contribution in [0.4, 0.5) is 0 Å². The summed E-state index contributed by atoms with van der Waals surface area (Å²) in [6.07, 6.45) is 3.23. The summed E-state index contributed by atoms with van der Waals surface area (Å²) in [5.74, 6) is 0. The van der Waals surface area contributed by atoms with Gasteiger partial charge in [0.15, 0.2) is 0 Å². The molecule has 0 amide bonds. The summed E-state index contributed by atoms with van der Waals surface area (Å²) in [5, 5.41) is 8.73. The Hall–Kier alpha value is -0.0800. The molecule has 1 saturated heterocycles. The second-order valence-corrected chi connectivity index (χ2v) is 3.44. The van der Waals surface area contributed by atoms with Gasteiger partial charge in [0.1, 0.15) is 0 Å². The van der Waals surface area contributed by atoms with Crippen LogP contribution in [0.3, 0.4) is 0 Å². The standard InChI is InChI=1S/C8H16O2/c1-8(4-5-9)3-2-6-10-7-8/h9H,2-7H2,1H3. The van der Waals surface area contributed by atoms with E-state index in [1.54, 1.807) is 0 Å². The fourth-order valence-electron chi connectivity index (χ4n) is 1.46. The Morgan fingerprint density at radius 2 is 2.40 bits per heavy atom. The smallest absolute Gasteiger partial charge is 0.0520 e. The predicted octanol–water partition coefficient (Wildman–Crippen LogP) is 1.19. The number of ether oxygens (including phenoxy) is 1. The lowest BCUT2D eigenvalue weighted by molar-refractivity contribution is -0.00970. The third-order valence-electron chi connectivity index (χ3n) is 2.23. The number of hydrogen-bond acceptors (Lipinski definition) is 2. The van der Waals surface area contributed by atoms with Crippen LogP contribution >= 0.6 is 0 Å². The molecule has 0 aromatic heterocycles. The molecule has 1 heterocycles. The van der Waals surface area contributed by atoms with Crippen molar-refractivity contribution < 1.29 is 9.84 Å². The molecule has 1 atom stereocenters. The quantitative estimate of drug-likeness (QED) is 0.630. The molecule has 1 N–H and O–H groups in total. The average Bonchev–Trinajstić information content (AvgIpc) is 1.89. The Bertz CT molecular complexity index is 89.9. The highest BCUT2D eigenvalue weighted by Gasteiger charge is 2.26. The van der Waals surface area contributed by atoms with Gasteiger partial charge in [-0.3, -0.25) is 0 Å². The zero-order valence-corrected chi connectivity index (χ0v) is 6.60. The number of aliphatic hydroxyl groups excluding tert-OH is 1. The van der Waals surface area contributed by atoms with Gasteiger partial charge in [0, 0.05) is 13.2 Å². The lowest BCUT2D eigenvalue weighted by Crippen LogP contribution is -2.29. The van der Waals surface area contributed by atoms with Crippen LogP contribution in [-0.2, 0) is 4.74 Å². The van der Waals surface area contributed by atoms with Crippen LogP contribution in [0, 0.1) is 5.41 Å². The maximum absolute atomic E-state index is 8.73. The van der Waals surface area contributed by atoms with E-state index in [1.165, 1.54) is 6.42 Å². The van der Waals surface area contributed by atoms with Crippen molar-refractivity contribution in [3.63, 3.8) is 0 Å². The molecule has 0 aromatic rings. The van der Waals surface area contributed by atoms with Gasteiger partial charge < -0.3 is 9.84 Å². The SMILES string of the molecule is CC1(CCO)CCCOC1. The average molecular weight is 144 g/mol. The van der Waals surface area contributed by atoms with Crippen LogP contribution in [-0.4, -0.2) is 24.9 Å². The van der Waals surface area contributed by atoms with Gasteiger partial charge in [-0.05, 0) is 24.7 Å². The topological polar surface area (TPSA) is 29.5 Å². The van der Waals surface area contributed by atoms with Crippen molar-refractivity contribution in [2.45, 2.75) is 26.2 Å². The molecule has 0 aliphatic carbocycles. The van der Waals surface area contributed by atoms with Crippen molar-refractivity contribution in [1.82, 2.24) is 0 Å². The molecule has 60 valence electrons. The van der Waals surface area contributed by atoms with Crippen molar-refractivity contribution >= 4 is 0 Å². The Kier molecular flexibility index (Phi) is 2.69. The maximum Gasteiger partial charge on any atom is 0.0520 e. The summed E-state index contributed by atoms with van der Waals surface area (Å²) in [5.41, 5.74) is 0.257. The van der Waals surface area contributed by atoms with E-state index < -0.39 is 0 Å². The largest absolute Gasteiger partial charge is 0.396 e. The third kappa shape index (κ3) is 1.96. The number of hydrogen-bond donors (Lipinski definition) is 1. The molecule has 0 bridgehead atoms. The first-order valence-electron chi connectivity index (χ1n) is 3.95. The minimum Gasteiger partial charge on any atom is -0.396 e. The molecular formula is C8H16O2. The van der Waals surface area contributed by atoms with Crippen LogP contribution in [0.25, 0.3) is 0 Å². The van der Waals surface area contributed by atoms with Crippen LogP contribution in [0.5, 0.6) is 0 Å². The molecule has 1 aliphatic rings. The molecule has 2 heteroatoms. The summed E-state index contributed by atoms with van der Waals surface area (Å²) >= 11 is 0. The predicted molar refractivity (Wildman–Crippen MR) is 39.9 cm³/mol. The molecule has 10 heavy (non-hydrogen) atoms. The van der Waals surface area contributed by atoms with Gasteiger partial charge in [-0.15, -0.1) is 0 Å². The van der Waals surface area contributed by atoms with Gasteiger partial charge in [0.25, 0.3) is 0 Å². The summed E-state index contributed by atoms with van der Waals surface area (Å²) in [4.78, 5) is 0. The molecule has 0 radical (unpaired) electrons. The first-order valence-corrected chi connectivity index (χ1v) is 3.95. The van der Waals surface area contributed by atoms with Gasteiger partial charge in [0.2, 0.25) is 0 Å². The van der Waals surface area contributed by atoms with Crippen molar-refractivity contribution in [3.05, 3.63) is 0 Å². The maximum atomic E-state index is 8.73. The Morgan fingerprint density at radius 1 is 1.60 bits per heavy atom.